The molecule has 32 nitrogen and oxygen atoms in total. The van der Waals surface area contributed by atoms with E-state index in [1.807, 2.05) is 98.0 Å². The molecule has 0 aliphatic carbocycles. The van der Waals surface area contributed by atoms with Gasteiger partial charge in [-0.15, -0.1) is 0 Å². The molecule has 0 aromatic heterocycles. The quantitative estimate of drug-likeness (QED) is 0.00721. The molecule has 9 rings (SSSR count). The molecule has 0 unspecified atom stereocenters. The third-order valence-electron chi connectivity index (χ3n) is 11.6. The Morgan fingerprint density at radius 3 is 1.09 bits per heavy atom. The van der Waals surface area contributed by atoms with Gasteiger partial charge in [0.2, 0.25) is 6.08 Å². The molecule has 10 amide bonds. The zero-order valence-electron chi connectivity index (χ0n) is 55.2. The number of nitro benzene ring substituents is 3. The average Bonchev–Trinajstić information content (AvgIpc) is 1.66. The first-order valence-electron chi connectivity index (χ1n) is 29.3. The van der Waals surface area contributed by atoms with Gasteiger partial charge in [-0.3, -0.25) is 85.0 Å². The first-order valence-corrected chi connectivity index (χ1v) is 30.0. The number of likely N-dealkylation sites (N-methyl/N-ethyl adjacent to an activating group) is 2. The average molecular weight is 1510 g/mol. The first-order chi connectivity index (χ1) is 47.8. The van der Waals surface area contributed by atoms with Crippen LogP contribution >= 0.6 is 23.2 Å². The first kappa shape index (κ1) is 104. The van der Waals surface area contributed by atoms with E-state index in [-0.39, 0.29) is 79.9 Å². The third-order valence-corrected chi connectivity index (χ3v) is 12.0. The Hall–Kier alpha value is -12.4. The summed E-state index contributed by atoms with van der Waals surface area (Å²) in [6.07, 6.45) is 1.49. The number of urea groups is 3. The number of nitro groups is 3. The predicted molar refractivity (Wildman–Crippen MR) is 405 cm³/mol. The maximum absolute atomic E-state index is 11.9. The van der Waals surface area contributed by atoms with Crippen molar-refractivity contribution in [2.24, 2.45) is 16.6 Å². The number of nitrogens with one attached hydrogen (secondary N) is 4. The lowest BCUT2D eigenvalue weighted by molar-refractivity contribution is -0.385. The van der Waals surface area contributed by atoms with Gasteiger partial charge in [0, 0.05) is 68.3 Å². The fourth-order valence-corrected chi connectivity index (χ4v) is 6.79. The van der Waals surface area contributed by atoms with E-state index in [0.717, 1.165) is 55.1 Å². The molecule has 0 radical (unpaired) electrons. The van der Waals surface area contributed by atoms with Gasteiger partial charge in [0.15, 0.2) is 0 Å². The normalized spacial score (nSPS) is 10.4. The number of non-ortho nitro benzene ring substituents is 3. The van der Waals surface area contributed by atoms with Gasteiger partial charge in [-0.25, -0.2) is 24.2 Å². The lowest BCUT2D eigenvalue weighted by Crippen LogP contribution is -2.34. The van der Waals surface area contributed by atoms with Crippen LogP contribution in [0, 0.1) is 30.3 Å². The summed E-state index contributed by atoms with van der Waals surface area (Å²) in [4.78, 5) is 141. The minimum absolute atomic E-state index is 0. The van der Waals surface area contributed by atoms with Crippen molar-refractivity contribution < 1.29 is 76.9 Å². The van der Waals surface area contributed by atoms with E-state index >= 15 is 0 Å². The van der Waals surface area contributed by atoms with Crippen molar-refractivity contribution in [3.05, 3.63) is 241 Å². The molecular formula is C71H95Cl2N13O19. The van der Waals surface area contributed by atoms with Crippen LogP contribution in [0.15, 0.2) is 199 Å². The molecule has 0 bridgehead atoms. The molecule has 2 heterocycles. The van der Waals surface area contributed by atoms with Crippen LogP contribution < -0.4 is 47.2 Å². The maximum atomic E-state index is 11.9. The molecule has 0 saturated carbocycles. The highest BCUT2D eigenvalue weighted by molar-refractivity contribution is 6.97. The third kappa shape index (κ3) is 43.8. The number of hydrazine groups is 1. The number of nitrogens with two attached hydrogens (primary N) is 2. The number of carbonyl (C=O) groups is 9. The van der Waals surface area contributed by atoms with Crippen LogP contribution in [0.1, 0.15) is 81.5 Å². The van der Waals surface area contributed by atoms with Gasteiger partial charge < -0.3 is 36.0 Å². The predicted octanol–water partition coefficient (Wildman–Crippen LogP) is 12.6. The molecule has 7 aromatic carbocycles. The summed E-state index contributed by atoms with van der Waals surface area (Å²) in [6, 6.07) is 54.0. The Balaban J connectivity index is -0.000000264. The number of hydrogen-bond donors (Lipinski definition) is 6. The van der Waals surface area contributed by atoms with Crippen molar-refractivity contribution in [3.8, 4) is 17.2 Å². The number of aliphatic imine (C=N–C) groups is 1. The lowest BCUT2D eigenvalue weighted by atomic mass is 10.2. The Morgan fingerprint density at radius 1 is 0.505 bits per heavy atom. The van der Waals surface area contributed by atoms with Gasteiger partial charge in [0.05, 0.1) is 49.2 Å². The number of anilines is 1. The van der Waals surface area contributed by atoms with Crippen molar-refractivity contribution in [1.82, 2.24) is 30.7 Å². The molecule has 572 valence electrons. The maximum Gasteiger partial charge on any atom is 0.334 e. The number of isocyanates is 1. The zero-order valence-corrected chi connectivity index (χ0v) is 56.7. The minimum Gasteiger partial charge on any atom is -0.497 e. The van der Waals surface area contributed by atoms with Crippen LogP contribution in [-0.2, 0) is 53.2 Å². The van der Waals surface area contributed by atoms with Crippen molar-refractivity contribution in [3.63, 3.8) is 0 Å². The van der Waals surface area contributed by atoms with E-state index < -0.39 is 60.9 Å². The number of hydrogen-bond acceptors (Lipinski definition) is 23. The van der Waals surface area contributed by atoms with E-state index in [2.05, 4.69) is 44.3 Å². The summed E-state index contributed by atoms with van der Waals surface area (Å²) in [7, 11) is 4.79. The lowest BCUT2D eigenvalue weighted by Gasteiger charge is -2.14. The number of nitrogens with zero attached hydrogens (tertiary/aromatic N) is 7. The Morgan fingerprint density at radius 2 is 0.838 bits per heavy atom. The highest BCUT2D eigenvalue weighted by Gasteiger charge is 2.43. The van der Waals surface area contributed by atoms with Crippen molar-refractivity contribution in [1.29, 1.82) is 0 Å². The molecule has 2 aliphatic heterocycles. The summed E-state index contributed by atoms with van der Waals surface area (Å²) in [5.41, 5.74) is 11.5. The second kappa shape index (κ2) is 61.5. The van der Waals surface area contributed by atoms with Crippen molar-refractivity contribution in [2.45, 2.75) is 84.5 Å². The zero-order chi connectivity index (χ0) is 75.4. The molecule has 2 fully saturated rings. The van der Waals surface area contributed by atoms with Gasteiger partial charge >= 0.3 is 52.2 Å². The van der Waals surface area contributed by atoms with Crippen LogP contribution in [0.2, 0.25) is 0 Å². The van der Waals surface area contributed by atoms with Crippen LogP contribution in [-0.4, -0.2) is 135 Å². The monoisotopic (exact) mass is 1500 g/mol. The summed E-state index contributed by atoms with van der Waals surface area (Å²) < 4.78 is 15.0. The second-order valence-electron chi connectivity index (χ2n) is 18.4. The van der Waals surface area contributed by atoms with E-state index in [4.69, 9.17) is 25.8 Å². The molecule has 7 aromatic rings. The van der Waals surface area contributed by atoms with E-state index in [0.29, 0.717) is 25.4 Å². The standard InChI is InChI=1S/C13H14N2O4.C11H16N2O2.C9H9NO2.C6H8N2.3C6H5NO2.C5H6N2O3.C2Cl2O2.C2H7N.5CH4/c1-3-14-11(16)12(17)15(13(14)18)8-9-4-6-10(19-2)7-5-9;1-3-12-11(14)13-8-9-4-6-10(15-2)7-5-9;1-12-9-4-2-8(3-5-9)6-10-7-11;7-8-6-4-2-1-3-5-6;3*8-7(9)6-4-2-1-3-5-6;1-2-7-4(9)3(8)6-5(7)10;3-1(5)2(4)6;1-2-3;;;;;/h4-7H,3,8H2,1-2H3;4-7H,3,8H2,1-2H3,(H2,12,13,14);2-5H,6H2,1H3;1-5,8H,7H2;3*1-5H;2H2,1H3,(H,6,8,10);;2-3H2,1H3;5*1H4. The fraction of sp³-hybridized carbons (Fsp3) is 0.268. The number of halogens is 2. The van der Waals surface area contributed by atoms with Crippen molar-refractivity contribution in [2.75, 3.05) is 52.9 Å². The van der Waals surface area contributed by atoms with Crippen LogP contribution in [0.25, 0.3) is 0 Å². The Bertz CT molecular complexity index is 3590. The van der Waals surface area contributed by atoms with E-state index in [1.165, 1.54) is 42.5 Å². The number of ether oxygens (including phenoxy) is 3. The summed E-state index contributed by atoms with van der Waals surface area (Å²) in [6.45, 7) is 9.86. The fourth-order valence-electron chi connectivity index (χ4n) is 6.79. The van der Waals surface area contributed by atoms with Crippen LogP contribution in [0.4, 0.5) is 37.1 Å². The molecule has 34 heteroatoms. The van der Waals surface area contributed by atoms with Gasteiger partial charge in [0.1, 0.15) is 17.2 Å². The van der Waals surface area contributed by atoms with E-state index in [1.54, 1.807) is 114 Å². The Kier molecular flexibility index (Phi) is 60.7. The molecule has 2 saturated heterocycles. The van der Waals surface area contributed by atoms with Crippen LogP contribution in [0.5, 0.6) is 17.2 Å². The van der Waals surface area contributed by atoms with E-state index in [9.17, 15) is 78.3 Å². The molecule has 8 N–H and O–H groups in total. The summed E-state index contributed by atoms with van der Waals surface area (Å²) >= 11 is 8.98. The van der Waals surface area contributed by atoms with Gasteiger partial charge in [-0.05, 0) is 116 Å². The topological polar surface area (TPSA) is 450 Å². The number of amides is 10. The summed E-state index contributed by atoms with van der Waals surface area (Å²) in [5.74, 6) is 4.26. The van der Waals surface area contributed by atoms with Gasteiger partial charge in [0.25, 0.3) is 17.1 Å². The number of rotatable bonds is 17. The smallest absolute Gasteiger partial charge is 0.334 e. The number of methoxy groups -OCH3 is 3. The Labute approximate surface area is 621 Å². The number of nitrogen functional groups attached to an aromatic ring is 1. The second-order valence-corrected chi connectivity index (χ2v) is 19.1. The number of benzene rings is 7. The molecular weight excluding hydrogens is 1410 g/mol. The molecule has 0 atom stereocenters. The molecule has 105 heavy (non-hydrogen) atoms. The largest absolute Gasteiger partial charge is 0.497 e. The van der Waals surface area contributed by atoms with Gasteiger partial charge in [-0.1, -0.05) is 153 Å². The van der Waals surface area contributed by atoms with Crippen LogP contribution in [0.3, 0.4) is 0 Å². The minimum atomic E-state index is -1.14. The number of imide groups is 4. The highest BCUT2D eigenvalue weighted by Crippen LogP contribution is 2.19. The van der Waals surface area contributed by atoms with Crippen molar-refractivity contribution >= 4 is 104 Å². The number of para-hydroxylation sites is 4. The number of carbonyl (C=O) groups excluding carboxylic acids is 10. The molecule has 0 spiro atoms. The summed E-state index contributed by atoms with van der Waals surface area (Å²) in [5, 5.41) is 35.0. The molecule has 2 aliphatic rings. The highest BCUT2D eigenvalue weighted by atomic mass is 35.5. The SMILES string of the molecule is C.C.C.C.C.CCN.CCN1C(=O)C(=O)N(Cc2ccc(OC)cc2)C1=O.CCN1C(=O)NC(=O)C1=O.CCNC(=O)NCc1ccc(OC)cc1.COc1ccc(CN=C=O)cc1.NNc1ccccc1.O=C(Cl)C(=O)Cl.O=[N+]([O-])c1ccccc1.O=[N+]([O-])c1ccccc1.O=[N+]([O-])c1ccccc1. The van der Waals surface area contributed by atoms with Gasteiger partial charge in [-0.2, -0.15) is 0 Å².